The zero-order chi connectivity index (χ0) is 14.5. The van der Waals surface area contributed by atoms with E-state index in [4.69, 9.17) is 4.52 Å². The Labute approximate surface area is 119 Å². The Kier molecular flexibility index (Phi) is 4.56. The third-order valence-corrected chi connectivity index (χ3v) is 3.53. The quantitative estimate of drug-likeness (QED) is 0.909. The van der Waals surface area contributed by atoms with Crippen LogP contribution >= 0.6 is 0 Å². The van der Waals surface area contributed by atoms with Gasteiger partial charge in [0.05, 0.1) is 5.69 Å². The number of amides is 1. The van der Waals surface area contributed by atoms with Crippen LogP contribution in [0.15, 0.2) is 34.9 Å². The van der Waals surface area contributed by atoms with Gasteiger partial charge in [-0.1, -0.05) is 42.4 Å². The highest BCUT2D eigenvalue weighted by molar-refractivity contribution is 5.96. The molecule has 0 aliphatic carbocycles. The van der Waals surface area contributed by atoms with Gasteiger partial charge in [0.25, 0.3) is 5.91 Å². The molecule has 0 bridgehead atoms. The van der Waals surface area contributed by atoms with E-state index in [0.29, 0.717) is 29.5 Å². The van der Waals surface area contributed by atoms with Crippen LogP contribution in [0.1, 0.15) is 46.6 Å². The van der Waals surface area contributed by atoms with Crippen LogP contribution in [0.5, 0.6) is 0 Å². The summed E-state index contributed by atoms with van der Waals surface area (Å²) < 4.78 is 5.02. The van der Waals surface area contributed by atoms with Gasteiger partial charge in [-0.25, -0.2) is 0 Å². The van der Waals surface area contributed by atoms with Gasteiger partial charge < -0.3 is 9.84 Å². The Morgan fingerprint density at radius 2 is 2.00 bits per heavy atom. The molecule has 0 saturated carbocycles. The lowest BCUT2D eigenvalue weighted by Gasteiger charge is -2.16. The van der Waals surface area contributed by atoms with Crippen molar-refractivity contribution in [2.24, 2.45) is 0 Å². The second-order valence-electron chi connectivity index (χ2n) is 4.93. The third kappa shape index (κ3) is 3.07. The lowest BCUT2D eigenvalue weighted by molar-refractivity contribution is 0.0949. The van der Waals surface area contributed by atoms with Crippen molar-refractivity contribution in [1.82, 2.24) is 10.5 Å². The van der Waals surface area contributed by atoms with E-state index in [1.807, 2.05) is 18.2 Å². The maximum absolute atomic E-state index is 12.2. The largest absolute Gasteiger partial charge is 0.361 e. The number of aromatic nitrogens is 1. The summed E-state index contributed by atoms with van der Waals surface area (Å²) in [6.45, 7) is 6.27. The SMILES string of the molecule is CCC(CNC(=O)c1c(C)noc1C)c1ccccc1. The molecule has 4 heteroatoms. The highest BCUT2D eigenvalue weighted by atomic mass is 16.5. The molecule has 1 unspecified atom stereocenters. The average molecular weight is 272 g/mol. The van der Waals surface area contributed by atoms with E-state index < -0.39 is 0 Å². The number of hydrogen-bond acceptors (Lipinski definition) is 3. The van der Waals surface area contributed by atoms with Crippen molar-refractivity contribution in [3.63, 3.8) is 0 Å². The predicted molar refractivity (Wildman–Crippen MR) is 77.8 cm³/mol. The molecule has 0 saturated heterocycles. The summed E-state index contributed by atoms with van der Waals surface area (Å²) in [6.07, 6.45) is 0.978. The van der Waals surface area contributed by atoms with Crippen molar-refractivity contribution < 1.29 is 9.32 Å². The predicted octanol–water partition coefficient (Wildman–Crippen LogP) is 3.22. The summed E-state index contributed by atoms with van der Waals surface area (Å²) in [7, 11) is 0. The average Bonchev–Trinajstić information content (AvgIpc) is 2.80. The van der Waals surface area contributed by atoms with Gasteiger partial charge in [0.15, 0.2) is 0 Å². The van der Waals surface area contributed by atoms with E-state index >= 15 is 0 Å². The molecule has 20 heavy (non-hydrogen) atoms. The van der Waals surface area contributed by atoms with Gasteiger partial charge in [-0.05, 0) is 25.8 Å². The summed E-state index contributed by atoms with van der Waals surface area (Å²) in [4.78, 5) is 12.2. The minimum Gasteiger partial charge on any atom is -0.361 e. The molecular formula is C16H20N2O2. The van der Waals surface area contributed by atoms with Crippen molar-refractivity contribution in [1.29, 1.82) is 0 Å². The van der Waals surface area contributed by atoms with Gasteiger partial charge in [0, 0.05) is 12.5 Å². The van der Waals surface area contributed by atoms with Gasteiger partial charge in [-0.2, -0.15) is 0 Å². The van der Waals surface area contributed by atoms with Crippen LogP contribution in [0.4, 0.5) is 0 Å². The first-order valence-corrected chi connectivity index (χ1v) is 6.89. The summed E-state index contributed by atoms with van der Waals surface area (Å²) in [5.74, 6) is 0.768. The minimum absolute atomic E-state index is 0.115. The number of nitrogens with zero attached hydrogens (tertiary/aromatic N) is 1. The second-order valence-corrected chi connectivity index (χ2v) is 4.93. The summed E-state index contributed by atoms with van der Waals surface area (Å²) in [5, 5.41) is 6.78. The number of carbonyl (C=O) groups is 1. The van der Waals surface area contributed by atoms with Crippen molar-refractivity contribution >= 4 is 5.91 Å². The van der Waals surface area contributed by atoms with E-state index in [9.17, 15) is 4.79 Å². The van der Waals surface area contributed by atoms with Crippen LogP contribution in [0, 0.1) is 13.8 Å². The van der Waals surface area contributed by atoms with Crippen molar-refractivity contribution in [2.75, 3.05) is 6.54 Å². The molecule has 2 rings (SSSR count). The maximum atomic E-state index is 12.2. The molecule has 4 nitrogen and oxygen atoms in total. The van der Waals surface area contributed by atoms with E-state index in [1.54, 1.807) is 13.8 Å². The Morgan fingerprint density at radius 3 is 2.55 bits per heavy atom. The normalized spacial score (nSPS) is 12.2. The third-order valence-electron chi connectivity index (χ3n) is 3.53. The fraction of sp³-hybridized carbons (Fsp3) is 0.375. The van der Waals surface area contributed by atoms with E-state index in [0.717, 1.165) is 6.42 Å². The van der Waals surface area contributed by atoms with Gasteiger partial charge in [0.1, 0.15) is 11.3 Å². The van der Waals surface area contributed by atoms with Crippen molar-refractivity contribution in [3.05, 3.63) is 52.9 Å². The molecule has 1 aromatic carbocycles. The van der Waals surface area contributed by atoms with Gasteiger partial charge in [-0.15, -0.1) is 0 Å². The molecule has 2 aromatic rings. The van der Waals surface area contributed by atoms with Crippen LogP contribution in [0.25, 0.3) is 0 Å². The molecule has 0 spiro atoms. The molecule has 0 aliphatic rings. The molecule has 106 valence electrons. The molecule has 1 atom stereocenters. The molecule has 0 radical (unpaired) electrons. The fourth-order valence-electron chi connectivity index (χ4n) is 2.33. The van der Waals surface area contributed by atoms with Crippen molar-refractivity contribution in [3.8, 4) is 0 Å². The summed E-state index contributed by atoms with van der Waals surface area (Å²) >= 11 is 0. The smallest absolute Gasteiger partial charge is 0.256 e. The molecule has 1 heterocycles. The monoisotopic (exact) mass is 272 g/mol. The number of aryl methyl sites for hydroxylation is 2. The van der Waals surface area contributed by atoms with E-state index in [-0.39, 0.29) is 5.91 Å². The molecule has 0 fully saturated rings. The zero-order valence-corrected chi connectivity index (χ0v) is 12.1. The summed E-state index contributed by atoms with van der Waals surface area (Å²) in [5.41, 5.74) is 2.43. The highest BCUT2D eigenvalue weighted by Gasteiger charge is 2.18. The number of hydrogen-bond donors (Lipinski definition) is 1. The first-order valence-electron chi connectivity index (χ1n) is 6.89. The van der Waals surface area contributed by atoms with Crippen LogP contribution in [-0.2, 0) is 0 Å². The first kappa shape index (κ1) is 14.3. The minimum atomic E-state index is -0.115. The topological polar surface area (TPSA) is 55.1 Å². The maximum Gasteiger partial charge on any atom is 0.256 e. The number of nitrogens with one attached hydrogen (secondary N) is 1. The van der Waals surface area contributed by atoms with Crippen LogP contribution < -0.4 is 5.32 Å². The first-order chi connectivity index (χ1) is 9.63. The Bertz CT molecular complexity index is 556. The van der Waals surface area contributed by atoms with Crippen molar-refractivity contribution in [2.45, 2.75) is 33.1 Å². The Hall–Kier alpha value is -2.10. The lowest BCUT2D eigenvalue weighted by Crippen LogP contribution is -2.29. The standard InChI is InChI=1S/C16H20N2O2/c1-4-13(14-8-6-5-7-9-14)10-17-16(19)15-11(2)18-20-12(15)3/h5-9,13H,4,10H2,1-3H3,(H,17,19). The number of rotatable bonds is 5. The van der Waals surface area contributed by atoms with Crippen LogP contribution in [-0.4, -0.2) is 17.6 Å². The Balaban J connectivity index is 2.02. The molecule has 1 N–H and O–H groups in total. The molecular weight excluding hydrogens is 252 g/mol. The molecule has 1 amide bonds. The number of benzene rings is 1. The lowest BCUT2D eigenvalue weighted by atomic mass is 9.96. The second kappa shape index (κ2) is 6.37. The van der Waals surface area contributed by atoms with E-state index in [1.165, 1.54) is 5.56 Å². The Morgan fingerprint density at radius 1 is 1.30 bits per heavy atom. The van der Waals surface area contributed by atoms with Gasteiger partial charge >= 0.3 is 0 Å². The van der Waals surface area contributed by atoms with Crippen LogP contribution in [0.3, 0.4) is 0 Å². The summed E-state index contributed by atoms with van der Waals surface area (Å²) in [6, 6.07) is 10.2. The van der Waals surface area contributed by atoms with E-state index in [2.05, 4.69) is 29.5 Å². The molecule has 0 aliphatic heterocycles. The molecule has 1 aromatic heterocycles. The van der Waals surface area contributed by atoms with Gasteiger partial charge in [-0.3, -0.25) is 4.79 Å². The number of carbonyl (C=O) groups excluding carboxylic acids is 1. The van der Waals surface area contributed by atoms with Gasteiger partial charge in [0.2, 0.25) is 0 Å². The zero-order valence-electron chi connectivity index (χ0n) is 12.1. The fourth-order valence-corrected chi connectivity index (χ4v) is 2.33. The highest BCUT2D eigenvalue weighted by Crippen LogP contribution is 2.18. The van der Waals surface area contributed by atoms with Crippen LogP contribution in [0.2, 0.25) is 0 Å².